The Kier molecular flexibility index (Phi) is 4.39. The van der Waals surface area contributed by atoms with Gasteiger partial charge in [-0.05, 0) is 37.8 Å². The minimum Gasteiger partial charge on any atom is -0.445 e. The number of carbonyl (C=O) groups excluding carboxylic acids is 1. The van der Waals surface area contributed by atoms with E-state index in [9.17, 15) is 10.1 Å². The van der Waals surface area contributed by atoms with Crippen LogP contribution < -0.4 is 5.73 Å². The summed E-state index contributed by atoms with van der Waals surface area (Å²) in [5.74, 6) is -0.0549. The van der Waals surface area contributed by atoms with Crippen LogP contribution in [0.15, 0.2) is 51.9 Å². The van der Waals surface area contributed by atoms with Crippen LogP contribution in [-0.4, -0.2) is 12.0 Å². The summed E-state index contributed by atoms with van der Waals surface area (Å²) in [6.45, 7) is 3.17. The molecule has 0 spiro atoms. The van der Waals surface area contributed by atoms with Gasteiger partial charge in [-0.2, -0.15) is 5.26 Å². The molecular weight excluding hydrogens is 284 g/mol. The SMILES string of the molecule is CSc1ccc([C@@H]2C(C#N)=C(N)OC(C)=C2C(C)=O)cc1. The average molecular weight is 300 g/mol. The summed E-state index contributed by atoms with van der Waals surface area (Å²) in [4.78, 5) is 13.1. The number of nitrogens with two attached hydrogens (primary N) is 1. The third-order valence-corrected chi connectivity index (χ3v) is 4.18. The average Bonchev–Trinajstić information content (AvgIpc) is 2.46. The number of hydrogen-bond donors (Lipinski definition) is 1. The van der Waals surface area contributed by atoms with Crippen LogP contribution in [0.4, 0.5) is 0 Å². The first-order valence-corrected chi connectivity index (χ1v) is 7.65. The first-order valence-electron chi connectivity index (χ1n) is 6.42. The lowest BCUT2D eigenvalue weighted by molar-refractivity contribution is -0.114. The van der Waals surface area contributed by atoms with Gasteiger partial charge in [-0.15, -0.1) is 11.8 Å². The molecule has 0 saturated carbocycles. The molecule has 0 bridgehead atoms. The minimum atomic E-state index is -0.461. The van der Waals surface area contributed by atoms with Gasteiger partial charge in [-0.1, -0.05) is 12.1 Å². The van der Waals surface area contributed by atoms with Crippen LogP contribution in [0, 0.1) is 11.3 Å². The molecule has 0 aliphatic carbocycles. The summed E-state index contributed by atoms with van der Waals surface area (Å²) >= 11 is 1.63. The van der Waals surface area contributed by atoms with Crippen LogP contribution in [0.5, 0.6) is 0 Å². The third kappa shape index (κ3) is 2.81. The maximum atomic E-state index is 12.0. The molecule has 1 heterocycles. The number of hydrogen-bond acceptors (Lipinski definition) is 5. The van der Waals surface area contributed by atoms with Crippen molar-refractivity contribution in [3.63, 3.8) is 0 Å². The molecule has 5 heteroatoms. The van der Waals surface area contributed by atoms with Crippen molar-refractivity contribution >= 4 is 17.5 Å². The molecule has 1 aliphatic rings. The monoisotopic (exact) mass is 300 g/mol. The Labute approximate surface area is 128 Å². The molecule has 0 fully saturated rings. The molecule has 1 aromatic carbocycles. The number of ether oxygens (including phenoxy) is 1. The van der Waals surface area contributed by atoms with Gasteiger partial charge in [-0.3, -0.25) is 4.79 Å². The molecular formula is C16H16N2O2S. The number of benzene rings is 1. The zero-order valence-electron chi connectivity index (χ0n) is 12.1. The van der Waals surface area contributed by atoms with Crippen molar-refractivity contribution in [2.45, 2.75) is 24.7 Å². The number of ketones is 1. The molecule has 0 unspecified atom stereocenters. The Morgan fingerprint density at radius 2 is 2.00 bits per heavy atom. The van der Waals surface area contributed by atoms with Gasteiger partial charge in [0.1, 0.15) is 17.4 Å². The van der Waals surface area contributed by atoms with Gasteiger partial charge in [0.25, 0.3) is 0 Å². The minimum absolute atomic E-state index is 0.0685. The molecule has 0 saturated heterocycles. The second-order valence-corrected chi connectivity index (χ2v) is 5.60. The molecule has 4 nitrogen and oxygen atoms in total. The highest BCUT2D eigenvalue weighted by atomic mass is 32.2. The van der Waals surface area contributed by atoms with Crippen LogP contribution in [0.1, 0.15) is 25.3 Å². The lowest BCUT2D eigenvalue weighted by Gasteiger charge is -2.26. The molecule has 1 aromatic rings. The number of nitriles is 1. The predicted octanol–water partition coefficient (Wildman–Crippen LogP) is 3.08. The van der Waals surface area contributed by atoms with Crippen LogP contribution >= 0.6 is 11.8 Å². The molecule has 21 heavy (non-hydrogen) atoms. The van der Waals surface area contributed by atoms with Gasteiger partial charge in [0.05, 0.1) is 5.92 Å². The smallest absolute Gasteiger partial charge is 0.205 e. The second kappa shape index (κ2) is 6.06. The van der Waals surface area contributed by atoms with Crippen molar-refractivity contribution in [1.29, 1.82) is 5.26 Å². The zero-order chi connectivity index (χ0) is 15.6. The fraction of sp³-hybridized carbons (Fsp3) is 0.250. The predicted molar refractivity (Wildman–Crippen MR) is 82.3 cm³/mol. The van der Waals surface area contributed by atoms with E-state index in [1.165, 1.54) is 6.92 Å². The lowest BCUT2D eigenvalue weighted by Crippen LogP contribution is -2.23. The van der Waals surface area contributed by atoms with E-state index >= 15 is 0 Å². The van der Waals surface area contributed by atoms with Gasteiger partial charge in [-0.25, -0.2) is 0 Å². The number of nitrogens with zero attached hydrogens (tertiary/aromatic N) is 1. The highest BCUT2D eigenvalue weighted by molar-refractivity contribution is 7.98. The summed E-state index contributed by atoms with van der Waals surface area (Å²) in [5.41, 5.74) is 7.44. The van der Waals surface area contributed by atoms with E-state index in [4.69, 9.17) is 10.5 Å². The summed E-state index contributed by atoms with van der Waals surface area (Å²) < 4.78 is 5.35. The molecule has 1 aliphatic heterocycles. The van der Waals surface area contributed by atoms with Gasteiger partial charge in [0, 0.05) is 10.5 Å². The van der Waals surface area contributed by atoms with E-state index in [0.29, 0.717) is 11.3 Å². The lowest BCUT2D eigenvalue weighted by atomic mass is 9.81. The molecule has 2 N–H and O–H groups in total. The summed E-state index contributed by atoms with van der Waals surface area (Å²) in [6, 6.07) is 9.84. The largest absolute Gasteiger partial charge is 0.445 e. The van der Waals surface area contributed by atoms with Crippen molar-refractivity contribution in [3.05, 3.63) is 52.6 Å². The number of rotatable bonds is 3. The summed E-state index contributed by atoms with van der Waals surface area (Å²) in [6.07, 6.45) is 1.99. The number of carbonyl (C=O) groups is 1. The van der Waals surface area contributed by atoms with E-state index in [2.05, 4.69) is 6.07 Å². The van der Waals surface area contributed by atoms with Crippen LogP contribution in [0.2, 0.25) is 0 Å². The van der Waals surface area contributed by atoms with Crippen LogP contribution in [-0.2, 0) is 9.53 Å². The third-order valence-electron chi connectivity index (χ3n) is 3.43. The van der Waals surface area contributed by atoms with Crippen molar-refractivity contribution in [3.8, 4) is 6.07 Å². The quantitative estimate of drug-likeness (QED) is 0.868. The van der Waals surface area contributed by atoms with E-state index in [1.807, 2.05) is 30.5 Å². The van der Waals surface area contributed by atoms with Crippen molar-refractivity contribution < 1.29 is 9.53 Å². The maximum absolute atomic E-state index is 12.0. The maximum Gasteiger partial charge on any atom is 0.205 e. The van der Waals surface area contributed by atoms with Gasteiger partial charge in [0.15, 0.2) is 5.78 Å². The highest BCUT2D eigenvalue weighted by Crippen LogP contribution is 2.39. The Morgan fingerprint density at radius 3 is 2.48 bits per heavy atom. The molecule has 2 rings (SSSR count). The van der Waals surface area contributed by atoms with Crippen molar-refractivity contribution in [2.75, 3.05) is 6.26 Å². The number of thioether (sulfide) groups is 1. The first-order chi connectivity index (χ1) is 9.99. The van der Waals surface area contributed by atoms with E-state index in [1.54, 1.807) is 18.7 Å². The Balaban J connectivity index is 2.59. The molecule has 0 amide bonds. The Hall–Kier alpha value is -2.19. The number of Topliss-reactive ketones (excluding diaryl/α,β-unsaturated/α-hetero) is 1. The molecule has 0 radical (unpaired) electrons. The fourth-order valence-corrected chi connectivity index (χ4v) is 2.87. The standard InChI is InChI=1S/C16H16N2O2S/c1-9(19)14-10(2)20-16(18)13(8-17)15(14)11-4-6-12(21-3)7-5-11/h4-7,15H,18H2,1-3H3/t15-/m1/s1. The topological polar surface area (TPSA) is 76.1 Å². The molecule has 108 valence electrons. The van der Waals surface area contributed by atoms with Crippen molar-refractivity contribution in [2.24, 2.45) is 5.73 Å². The molecule has 1 atom stereocenters. The Bertz CT molecular complexity index is 681. The fourth-order valence-electron chi connectivity index (χ4n) is 2.47. The first kappa shape index (κ1) is 15.2. The van der Waals surface area contributed by atoms with E-state index in [-0.39, 0.29) is 17.2 Å². The molecule has 0 aromatic heterocycles. The van der Waals surface area contributed by atoms with Crippen LogP contribution in [0.25, 0.3) is 0 Å². The van der Waals surface area contributed by atoms with Crippen molar-refractivity contribution in [1.82, 2.24) is 0 Å². The van der Waals surface area contributed by atoms with Gasteiger partial charge < -0.3 is 10.5 Å². The second-order valence-electron chi connectivity index (χ2n) is 4.72. The van der Waals surface area contributed by atoms with E-state index < -0.39 is 5.92 Å². The van der Waals surface area contributed by atoms with Crippen LogP contribution in [0.3, 0.4) is 0 Å². The van der Waals surface area contributed by atoms with Gasteiger partial charge in [0.2, 0.25) is 5.88 Å². The summed E-state index contributed by atoms with van der Waals surface area (Å²) in [5, 5.41) is 9.37. The highest BCUT2D eigenvalue weighted by Gasteiger charge is 2.33. The Morgan fingerprint density at radius 1 is 1.38 bits per heavy atom. The normalized spacial score (nSPS) is 18.3. The summed E-state index contributed by atoms with van der Waals surface area (Å²) in [7, 11) is 0. The van der Waals surface area contributed by atoms with Gasteiger partial charge >= 0.3 is 0 Å². The zero-order valence-corrected chi connectivity index (χ0v) is 13.0. The number of allylic oxidation sites excluding steroid dienone is 3. The van der Waals surface area contributed by atoms with E-state index in [0.717, 1.165) is 10.5 Å².